The van der Waals surface area contributed by atoms with Gasteiger partial charge >= 0.3 is 11.9 Å². The van der Waals surface area contributed by atoms with Crippen LogP contribution in [-0.2, 0) is 32.7 Å². The number of rotatable bonds is 40. The van der Waals surface area contributed by atoms with Gasteiger partial charge in [0.25, 0.3) is 7.82 Å². The number of likely N-dealkylation sites (N-methyl/N-ethyl adjacent to an activating group) is 1. The maximum Gasteiger partial charge on any atom is 0.306 e. The first-order valence-corrected chi connectivity index (χ1v) is 24.0. The van der Waals surface area contributed by atoms with Crippen LogP contribution in [0.1, 0.15) is 174 Å². The van der Waals surface area contributed by atoms with Gasteiger partial charge in [0.05, 0.1) is 27.7 Å². The molecule has 0 spiro atoms. The van der Waals surface area contributed by atoms with E-state index in [0.717, 1.165) is 89.9 Å². The van der Waals surface area contributed by atoms with Crippen molar-refractivity contribution < 1.29 is 42.1 Å². The van der Waals surface area contributed by atoms with Crippen molar-refractivity contribution in [1.82, 2.24) is 0 Å². The van der Waals surface area contributed by atoms with Gasteiger partial charge in [0, 0.05) is 12.8 Å². The first kappa shape index (κ1) is 54.7. The first-order chi connectivity index (χ1) is 27.5. The predicted octanol–water partition coefficient (Wildman–Crippen LogP) is 12.2. The Balaban J connectivity index is 4.38. The van der Waals surface area contributed by atoms with Gasteiger partial charge in [-0.2, -0.15) is 0 Å². The van der Waals surface area contributed by atoms with Crippen LogP contribution < -0.4 is 4.89 Å². The number of phosphoric acid groups is 1. The Morgan fingerprint density at radius 3 is 1.49 bits per heavy atom. The average Bonchev–Trinajstić information content (AvgIpc) is 3.16. The second kappa shape index (κ2) is 39.2. The Morgan fingerprint density at radius 2 is 1.00 bits per heavy atom. The highest BCUT2D eigenvalue weighted by Gasteiger charge is 2.21. The number of allylic oxidation sites excluding steroid dienone is 10. The Kier molecular flexibility index (Phi) is 37.6. The zero-order chi connectivity index (χ0) is 42.1. The van der Waals surface area contributed by atoms with Crippen molar-refractivity contribution in [2.24, 2.45) is 0 Å². The molecule has 0 aliphatic rings. The number of hydrogen-bond acceptors (Lipinski definition) is 8. The van der Waals surface area contributed by atoms with E-state index in [0.29, 0.717) is 17.4 Å². The van der Waals surface area contributed by atoms with Gasteiger partial charge in [-0.15, -0.1) is 0 Å². The van der Waals surface area contributed by atoms with E-state index in [1.807, 2.05) is 21.1 Å². The minimum absolute atomic E-state index is 0.0384. The number of unbranched alkanes of at least 4 members (excludes halogenated alkanes) is 16. The van der Waals surface area contributed by atoms with Crippen LogP contribution in [0.25, 0.3) is 0 Å². The summed E-state index contributed by atoms with van der Waals surface area (Å²) < 4.78 is 33.9. The molecule has 0 aliphatic carbocycles. The quantitative estimate of drug-likeness (QED) is 0.0197. The van der Waals surface area contributed by atoms with Crippen LogP contribution in [0.3, 0.4) is 0 Å². The number of hydrogen-bond donors (Lipinski definition) is 0. The molecule has 0 N–H and O–H groups in total. The SMILES string of the molecule is CC/C=C\C/C=C\C/C=C\CCCCCCCC(=O)OC(COC(=O)CCCCCCCCC/C=C\C/C=C\CCCCCC)COP(=O)([O-])OCC[N+](C)(C)C. The predicted molar refractivity (Wildman–Crippen MR) is 236 cm³/mol. The summed E-state index contributed by atoms with van der Waals surface area (Å²) in [7, 11) is 1.14. The number of carbonyl (C=O) groups excluding carboxylic acids is 2. The summed E-state index contributed by atoms with van der Waals surface area (Å²) in [5.74, 6) is -0.867. The van der Waals surface area contributed by atoms with Gasteiger partial charge < -0.3 is 27.9 Å². The number of phosphoric ester groups is 1. The van der Waals surface area contributed by atoms with Crippen molar-refractivity contribution >= 4 is 19.8 Å². The molecule has 0 amide bonds. The van der Waals surface area contributed by atoms with Gasteiger partial charge in [-0.25, -0.2) is 0 Å². The summed E-state index contributed by atoms with van der Waals surface area (Å²) >= 11 is 0. The maximum absolute atomic E-state index is 12.7. The molecular weight excluding hydrogens is 737 g/mol. The molecule has 2 atom stereocenters. The topological polar surface area (TPSA) is 111 Å². The van der Waals surface area contributed by atoms with Gasteiger partial charge in [0.2, 0.25) is 0 Å². The van der Waals surface area contributed by atoms with Gasteiger partial charge in [-0.1, -0.05) is 145 Å². The summed E-state index contributed by atoms with van der Waals surface area (Å²) in [6.07, 6.45) is 46.7. The molecule has 0 aromatic carbocycles. The lowest BCUT2D eigenvalue weighted by molar-refractivity contribution is -0.870. The Hall–Kier alpha value is -2.29. The number of ether oxygens (including phenoxy) is 2. The molecule has 0 radical (unpaired) electrons. The van der Waals surface area contributed by atoms with Crippen molar-refractivity contribution in [3.8, 4) is 0 Å². The minimum atomic E-state index is -4.63. The summed E-state index contributed by atoms with van der Waals surface area (Å²) in [6, 6.07) is 0. The largest absolute Gasteiger partial charge is 0.756 e. The van der Waals surface area contributed by atoms with Gasteiger partial charge in [-0.05, 0) is 77.0 Å². The fraction of sp³-hybridized carbons (Fsp3) is 0.745. The van der Waals surface area contributed by atoms with Gasteiger partial charge in [0.1, 0.15) is 19.8 Å². The highest BCUT2D eigenvalue weighted by molar-refractivity contribution is 7.45. The van der Waals surface area contributed by atoms with E-state index in [1.165, 1.54) is 51.4 Å². The molecule has 0 saturated carbocycles. The number of nitrogens with zero attached hydrogens (tertiary/aromatic N) is 1. The molecule has 0 aromatic rings. The normalized spacial score (nSPS) is 14.1. The molecule has 2 unspecified atom stereocenters. The smallest absolute Gasteiger partial charge is 0.306 e. The van der Waals surface area contributed by atoms with Crippen LogP contribution in [0, 0.1) is 0 Å². The van der Waals surface area contributed by atoms with E-state index in [4.69, 9.17) is 18.5 Å². The van der Waals surface area contributed by atoms with E-state index >= 15 is 0 Å². The number of esters is 2. The molecule has 0 aliphatic heterocycles. The summed E-state index contributed by atoms with van der Waals surface area (Å²) in [4.78, 5) is 37.6. The highest BCUT2D eigenvalue weighted by Crippen LogP contribution is 2.38. The van der Waals surface area contributed by atoms with Gasteiger partial charge in [0.15, 0.2) is 6.10 Å². The third kappa shape index (κ3) is 43.1. The number of carbonyl (C=O) groups is 2. The second-order valence-electron chi connectivity index (χ2n) is 16.0. The van der Waals surface area contributed by atoms with Crippen LogP contribution in [0.4, 0.5) is 0 Å². The zero-order valence-corrected chi connectivity index (χ0v) is 37.9. The molecule has 0 heterocycles. The van der Waals surface area contributed by atoms with Gasteiger partial charge in [-0.3, -0.25) is 14.2 Å². The second-order valence-corrected chi connectivity index (χ2v) is 17.4. The van der Waals surface area contributed by atoms with E-state index in [2.05, 4.69) is 74.6 Å². The van der Waals surface area contributed by atoms with Crippen LogP contribution >= 0.6 is 7.82 Å². The lowest BCUT2D eigenvalue weighted by atomic mass is 10.1. The average molecular weight is 822 g/mol. The lowest BCUT2D eigenvalue weighted by Gasteiger charge is -2.28. The molecule has 0 aromatic heterocycles. The minimum Gasteiger partial charge on any atom is -0.756 e. The molecule has 330 valence electrons. The van der Waals surface area contributed by atoms with Crippen LogP contribution in [0.2, 0.25) is 0 Å². The molecular formula is C47H84NO8P. The standard InChI is InChI=1S/C47H84NO8P/c1-6-8-10-12-14-16-18-20-22-23-24-26-27-29-31-33-35-37-39-46(49)53-43-45(44-55-57(51,52)54-42-41-48(3,4)5)56-47(50)40-38-36-34-32-30-28-25-21-19-17-15-13-11-9-7-2/h9,11,15-18,21-23,25,45H,6-8,10,12-14,19-20,24,26-44H2,1-5H3/b11-9-,17-15-,18-16-,23-22-,25-21-. The van der Waals surface area contributed by atoms with E-state index in [-0.39, 0.29) is 26.1 Å². The molecule has 0 saturated heterocycles. The Bertz CT molecular complexity index is 1160. The fourth-order valence-electron chi connectivity index (χ4n) is 5.76. The van der Waals surface area contributed by atoms with Crippen molar-refractivity contribution in [1.29, 1.82) is 0 Å². The van der Waals surface area contributed by atoms with E-state index in [9.17, 15) is 19.0 Å². The molecule has 0 rings (SSSR count). The Labute approximate surface area is 349 Å². The summed E-state index contributed by atoms with van der Waals surface area (Å²) in [5, 5.41) is 0. The van der Waals surface area contributed by atoms with E-state index in [1.54, 1.807) is 0 Å². The Morgan fingerprint density at radius 1 is 0.561 bits per heavy atom. The van der Waals surface area contributed by atoms with Crippen LogP contribution in [0.5, 0.6) is 0 Å². The van der Waals surface area contributed by atoms with E-state index < -0.39 is 32.5 Å². The first-order valence-electron chi connectivity index (χ1n) is 22.5. The third-order valence-electron chi connectivity index (χ3n) is 9.27. The fourth-order valence-corrected chi connectivity index (χ4v) is 6.49. The zero-order valence-electron chi connectivity index (χ0n) is 37.0. The number of quaternary nitrogens is 1. The summed E-state index contributed by atoms with van der Waals surface area (Å²) in [5.41, 5.74) is 0. The molecule has 9 nitrogen and oxygen atoms in total. The maximum atomic E-state index is 12.7. The van der Waals surface area contributed by atoms with Crippen molar-refractivity contribution in [2.45, 2.75) is 180 Å². The monoisotopic (exact) mass is 822 g/mol. The molecule has 0 fully saturated rings. The lowest BCUT2D eigenvalue weighted by Crippen LogP contribution is -2.37. The summed E-state index contributed by atoms with van der Waals surface area (Å²) in [6.45, 7) is 4.06. The third-order valence-corrected chi connectivity index (χ3v) is 10.2. The van der Waals surface area contributed by atoms with Crippen molar-refractivity contribution in [3.63, 3.8) is 0 Å². The van der Waals surface area contributed by atoms with Crippen LogP contribution in [0.15, 0.2) is 60.8 Å². The van der Waals surface area contributed by atoms with Crippen LogP contribution in [-0.4, -0.2) is 70.0 Å². The molecule has 0 bridgehead atoms. The highest BCUT2D eigenvalue weighted by atomic mass is 31.2. The molecule has 10 heteroatoms. The molecule has 57 heavy (non-hydrogen) atoms. The van der Waals surface area contributed by atoms with Crippen molar-refractivity contribution in [3.05, 3.63) is 60.8 Å². The van der Waals surface area contributed by atoms with Crippen molar-refractivity contribution in [2.75, 3.05) is 47.5 Å².